The number of hydrogen-bond acceptors (Lipinski definition) is 4. The van der Waals surface area contributed by atoms with Crippen LogP contribution in [-0.2, 0) is 16.4 Å². The van der Waals surface area contributed by atoms with E-state index in [0.29, 0.717) is 11.4 Å². The number of hydrogen-bond donors (Lipinski definition) is 2. The maximum atomic E-state index is 11.7. The lowest BCUT2D eigenvalue weighted by Gasteiger charge is -2.08. The van der Waals surface area contributed by atoms with Crippen molar-refractivity contribution in [3.63, 3.8) is 0 Å². The van der Waals surface area contributed by atoms with Gasteiger partial charge in [0.05, 0.1) is 16.3 Å². The number of nitrogens with zero attached hydrogens (tertiary/aromatic N) is 1. The van der Waals surface area contributed by atoms with Crippen molar-refractivity contribution in [3.05, 3.63) is 41.2 Å². The molecule has 0 radical (unpaired) electrons. The van der Waals surface area contributed by atoms with Gasteiger partial charge in [0.1, 0.15) is 0 Å². The Hall–Kier alpha value is -1.82. The molecule has 1 heterocycles. The second-order valence-corrected chi connectivity index (χ2v) is 6.97. The summed E-state index contributed by atoms with van der Waals surface area (Å²) in [5.74, 6) is 0.118. The fraction of sp³-hybridized carbons (Fsp3) is 0.357. The molecule has 0 aliphatic rings. The van der Waals surface area contributed by atoms with E-state index in [2.05, 4.69) is 15.5 Å². The van der Waals surface area contributed by atoms with Crippen LogP contribution in [0.3, 0.4) is 0 Å². The van der Waals surface area contributed by atoms with E-state index in [0.717, 1.165) is 22.6 Å². The van der Waals surface area contributed by atoms with Crippen LogP contribution in [-0.4, -0.2) is 24.4 Å². The van der Waals surface area contributed by atoms with Crippen LogP contribution in [0.5, 0.6) is 0 Å². The summed E-state index contributed by atoms with van der Waals surface area (Å²) in [6.45, 7) is 6.24. The molecule has 108 valence electrons. The molecular weight excluding hydrogens is 274 g/mol. The smallest absolute Gasteiger partial charge is 0.178 e. The second-order valence-electron chi connectivity index (χ2n) is 4.69. The van der Waals surface area contributed by atoms with Crippen molar-refractivity contribution in [1.82, 2.24) is 10.2 Å². The van der Waals surface area contributed by atoms with Gasteiger partial charge in [-0.2, -0.15) is 5.10 Å². The minimum absolute atomic E-state index is 0.118. The number of benzene rings is 1. The highest BCUT2D eigenvalue weighted by molar-refractivity contribution is 7.91. The van der Waals surface area contributed by atoms with Crippen molar-refractivity contribution in [2.45, 2.75) is 32.2 Å². The van der Waals surface area contributed by atoms with Gasteiger partial charge < -0.3 is 5.32 Å². The number of aryl methyl sites for hydroxylation is 2. The Kier molecular flexibility index (Phi) is 4.13. The summed E-state index contributed by atoms with van der Waals surface area (Å²) in [6, 6.07) is 6.84. The zero-order valence-corrected chi connectivity index (χ0v) is 12.7. The first-order chi connectivity index (χ1) is 9.44. The summed E-state index contributed by atoms with van der Waals surface area (Å²) in [7, 11) is -3.13. The number of aromatic nitrogens is 2. The minimum atomic E-state index is -3.13. The van der Waals surface area contributed by atoms with E-state index < -0.39 is 9.84 Å². The average Bonchev–Trinajstić information content (AvgIpc) is 2.76. The van der Waals surface area contributed by atoms with E-state index in [1.807, 2.05) is 13.8 Å². The van der Waals surface area contributed by atoms with Crippen LogP contribution in [0.1, 0.15) is 23.9 Å². The number of rotatable bonds is 5. The highest BCUT2D eigenvalue weighted by Gasteiger charge is 2.11. The quantitative estimate of drug-likeness (QED) is 0.888. The van der Waals surface area contributed by atoms with Crippen LogP contribution >= 0.6 is 0 Å². The molecule has 1 aromatic carbocycles. The minimum Gasteiger partial charge on any atom is -0.381 e. The summed E-state index contributed by atoms with van der Waals surface area (Å²) in [6.07, 6.45) is 0. The van der Waals surface area contributed by atoms with Crippen LogP contribution in [0, 0.1) is 13.8 Å². The number of anilines is 1. The van der Waals surface area contributed by atoms with Crippen LogP contribution in [0.25, 0.3) is 0 Å². The molecule has 0 aliphatic heterocycles. The monoisotopic (exact) mass is 293 g/mol. The van der Waals surface area contributed by atoms with Crippen molar-refractivity contribution in [1.29, 1.82) is 0 Å². The Morgan fingerprint density at radius 2 is 1.85 bits per heavy atom. The summed E-state index contributed by atoms with van der Waals surface area (Å²) in [5, 5.41) is 10.4. The summed E-state index contributed by atoms with van der Waals surface area (Å²) < 4.78 is 23.4. The van der Waals surface area contributed by atoms with E-state index in [4.69, 9.17) is 0 Å². The first-order valence-corrected chi connectivity index (χ1v) is 8.16. The molecule has 0 saturated carbocycles. The highest BCUT2D eigenvalue weighted by Crippen LogP contribution is 2.17. The van der Waals surface area contributed by atoms with E-state index >= 15 is 0 Å². The van der Waals surface area contributed by atoms with Crippen molar-refractivity contribution < 1.29 is 8.42 Å². The van der Waals surface area contributed by atoms with Gasteiger partial charge in [0.25, 0.3) is 0 Å². The lowest BCUT2D eigenvalue weighted by atomic mass is 10.2. The highest BCUT2D eigenvalue weighted by atomic mass is 32.2. The van der Waals surface area contributed by atoms with Gasteiger partial charge in [-0.1, -0.05) is 6.92 Å². The zero-order chi connectivity index (χ0) is 14.8. The van der Waals surface area contributed by atoms with Crippen LogP contribution < -0.4 is 5.32 Å². The number of H-pyrrole nitrogens is 1. The molecule has 0 spiro atoms. The lowest BCUT2D eigenvalue weighted by Crippen LogP contribution is -2.05. The van der Waals surface area contributed by atoms with Gasteiger partial charge in [-0.15, -0.1) is 0 Å². The molecule has 0 unspecified atom stereocenters. The van der Waals surface area contributed by atoms with Gasteiger partial charge in [0.2, 0.25) is 0 Å². The van der Waals surface area contributed by atoms with E-state index in [-0.39, 0.29) is 5.75 Å². The maximum absolute atomic E-state index is 11.7. The molecule has 6 heteroatoms. The van der Waals surface area contributed by atoms with Crippen molar-refractivity contribution in [3.8, 4) is 0 Å². The third-order valence-electron chi connectivity index (χ3n) is 3.34. The van der Waals surface area contributed by atoms with E-state index in [9.17, 15) is 8.42 Å². The van der Waals surface area contributed by atoms with E-state index in [1.165, 1.54) is 0 Å². The third-order valence-corrected chi connectivity index (χ3v) is 5.09. The molecular formula is C14H19N3O2S. The molecule has 0 aliphatic carbocycles. The fourth-order valence-corrected chi connectivity index (χ4v) is 2.86. The van der Waals surface area contributed by atoms with E-state index in [1.54, 1.807) is 31.2 Å². The average molecular weight is 293 g/mol. The molecule has 2 N–H and O–H groups in total. The Bertz CT molecular complexity index is 668. The van der Waals surface area contributed by atoms with Crippen LogP contribution in [0.4, 0.5) is 5.69 Å². The van der Waals surface area contributed by atoms with Gasteiger partial charge in [0, 0.05) is 23.5 Å². The molecule has 0 amide bonds. The van der Waals surface area contributed by atoms with Crippen LogP contribution in [0.2, 0.25) is 0 Å². The van der Waals surface area contributed by atoms with Crippen molar-refractivity contribution in [2.75, 3.05) is 11.1 Å². The largest absolute Gasteiger partial charge is 0.381 e. The first kappa shape index (κ1) is 14.6. The summed E-state index contributed by atoms with van der Waals surface area (Å²) >= 11 is 0. The molecule has 5 nitrogen and oxygen atoms in total. The number of nitrogens with one attached hydrogen (secondary N) is 2. The molecule has 2 aromatic rings. The predicted molar refractivity (Wildman–Crippen MR) is 79.6 cm³/mol. The Morgan fingerprint density at radius 3 is 2.35 bits per heavy atom. The standard InChI is InChI=1S/C14H19N3O2S/c1-4-20(18,19)13-7-5-12(6-8-13)15-9-14-10(2)16-17-11(14)3/h5-8,15H,4,9H2,1-3H3,(H,16,17). The topological polar surface area (TPSA) is 74.8 Å². The SMILES string of the molecule is CCS(=O)(=O)c1ccc(NCc2c(C)n[nH]c2C)cc1. The Labute approximate surface area is 119 Å². The van der Waals surface area contributed by atoms with Gasteiger partial charge in [0.15, 0.2) is 9.84 Å². The fourth-order valence-electron chi connectivity index (χ4n) is 1.97. The third kappa shape index (κ3) is 3.01. The molecule has 0 fully saturated rings. The van der Waals surface area contributed by atoms with Crippen LogP contribution in [0.15, 0.2) is 29.2 Å². The molecule has 0 saturated heterocycles. The second kappa shape index (κ2) is 5.66. The molecule has 0 bridgehead atoms. The number of sulfone groups is 1. The van der Waals surface area contributed by atoms with Gasteiger partial charge in [-0.25, -0.2) is 8.42 Å². The molecule has 0 atom stereocenters. The van der Waals surface area contributed by atoms with Crippen molar-refractivity contribution >= 4 is 15.5 Å². The van der Waals surface area contributed by atoms with Gasteiger partial charge in [-0.05, 0) is 38.1 Å². The van der Waals surface area contributed by atoms with Crippen molar-refractivity contribution in [2.24, 2.45) is 0 Å². The van der Waals surface area contributed by atoms with Gasteiger partial charge >= 0.3 is 0 Å². The Balaban J connectivity index is 2.09. The Morgan fingerprint density at radius 1 is 1.20 bits per heavy atom. The summed E-state index contributed by atoms with van der Waals surface area (Å²) in [4.78, 5) is 0.362. The first-order valence-electron chi connectivity index (χ1n) is 6.51. The van der Waals surface area contributed by atoms with Gasteiger partial charge in [-0.3, -0.25) is 5.10 Å². The molecule has 2 rings (SSSR count). The summed E-state index contributed by atoms with van der Waals surface area (Å²) in [5.41, 5.74) is 4.04. The maximum Gasteiger partial charge on any atom is 0.178 e. The predicted octanol–water partition coefficient (Wildman–Crippen LogP) is 2.43. The molecule has 1 aromatic heterocycles. The zero-order valence-electron chi connectivity index (χ0n) is 11.9. The molecule has 20 heavy (non-hydrogen) atoms. The lowest BCUT2D eigenvalue weighted by molar-refractivity contribution is 0.597. The number of aromatic amines is 1. The normalized spacial score (nSPS) is 11.6.